The summed E-state index contributed by atoms with van der Waals surface area (Å²) in [5, 5.41) is 24.0. The van der Waals surface area contributed by atoms with Crippen LogP contribution in [-0.4, -0.2) is 38.9 Å². The number of benzene rings is 1. The zero-order chi connectivity index (χ0) is 16.2. The lowest BCUT2D eigenvalue weighted by molar-refractivity contribution is 0.107. The molecule has 0 aliphatic carbocycles. The maximum absolute atomic E-state index is 10.2. The summed E-state index contributed by atoms with van der Waals surface area (Å²) in [7, 11) is 0. The van der Waals surface area contributed by atoms with Crippen LogP contribution in [0.25, 0.3) is 11.0 Å². The van der Waals surface area contributed by atoms with E-state index in [2.05, 4.69) is 26.9 Å². The van der Waals surface area contributed by atoms with Crippen molar-refractivity contribution >= 4 is 22.8 Å². The Labute approximate surface area is 132 Å². The van der Waals surface area contributed by atoms with Gasteiger partial charge in [-0.15, -0.1) is 0 Å². The van der Waals surface area contributed by atoms with E-state index < -0.39 is 6.23 Å². The van der Waals surface area contributed by atoms with E-state index in [1.165, 1.54) is 0 Å². The maximum atomic E-state index is 10.2. The SMILES string of the molecule is C=C/C=C\C=C1/CN=C(C(O)N(O)c2nc3ccccc3[nH]2)N1. The Hall–Kier alpha value is -2.90. The fraction of sp³-hybridized carbons (Fsp3) is 0.125. The van der Waals surface area contributed by atoms with Crippen molar-refractivity contribution in [1.29, 1.82) is 0 Å². The van der Waals surface area contributed by atoms with Crippen molar-refractivity contribution in [2.24, 2.45) is 4.99 Å². The molecule has 1 aliphatic rings. The van der Waals surface area contributed by atoms with Crippen molar-refractivity contribution in [3.05, 3.63) is 60.8 Å². The lowest BCUT2D eigenvalue weighted by Gasteiger charge is -2.20. The number of amidine groups is 1. The lowest BCUT2D eigenvalue weighted by Crippen LogP contribution is -2.44. The first-order valence-corrected chi connectivity index (χ1v) is 7.09. The van der Waals surface area contributed by atoms with E-state index in [1.807, 2.05) is 36.4 Å². The first-order chi connectivity index (χ1) is 11.2. The standard InChI is InChI=1S/C16H17N5O2/c1-2-3-4-7-11-10-17-14(18-11)15(22)21(23)16-19-12-8-5-6-9-13(12)20-16/h2-9,15,22-23H,1,10H2,(H,17,18)(H,19,20)/b4-3-,11-7+. The minimum Gasteiger partial charge on any atom is -0.365 e. The van der Waals surface area contributed by atoms with Crippen LogP contribution in [0.4, 0.5) is 5.95 Å². The summed E-state index contributed by atoms with van der Waals surface area (Å²) in [5.41, 5.74) is 2.28. The van der Waals surface area contributed by atoms with E-state index in [9.17, 15) is 10.3 Å². The summed E-state index contributed by atoms with van der Waals surface area (Å²) in [6.07, 6.45) is 5.75. The van der Waals surface area contributed by atoms with Gasteiger partial charge in [0.15, 0.2) is 5.84 Å². The normalized spacial score (nSPS) is 17.5. The van der Waals surface area contributed by atoms with Gasteiger partial charge in [-0.25, -0.2) is 4.98 Å². The number of aromatic amines is 1. The number of aliphatic hydroxyl groups excluding tert-OH is 1. The molecule has 118 valence electrons. The number of nitrogens with one attached hydrogen (secondary N) is 2. The summed E-state index contributed by atoms with van der Waals surface area (Å²) in [6, 6.07) is 7.36. The van der Waals surface area contributed by atoms with Crippen LogP contribution in [0.2, 0.25) is 0 Å². The molecule has 1 unspecified atom stereocenters. The molecule has 1 aromatic heterocycles. The van der Waals surface area contributed by atoms with Crippen LogP contribution in [0.15, 0.2) is 65.8 Å². The van der Waals surface area contributed by atoms with Crippen LogP contribution in [0.1, 0.15) is 0 Å². The Balaban J connectivity index is 1.72. The number of hydrogen-bond donors (Lipinski definition) is 4. The first-order valence-electron chi connectivity index (χ1n) is 7.09. The molecule has 0 fully saturated rings. The fourth-order valence-corrected chi connectivity index (χ4v) is 2.18. The van der Waals surface area contributed by atoms with Crippen LogP contribution in [0, 0.1) is 0 Å². The molecule has 1 aliphatic heterocycles. The number of aliphatic hydroxyl groups is 1. The largest absolute Gasteiger partial charge is 0.365 e. The van der Waals surface area contributed by atoms with Crippen LogP contribution in [0.3, 0.4) is 0 Å². The van der Waals surface area contributed by atoms with Gasteiger partial charge in [0.25, 0.3) is 0 Å². The molecular weight excluding hydrogens is 294 g/mol. The summed E-state index contributed by atoms with van der Waals surface area (Å²) < 4.78 is 0. The predicted molar refractivity (Wildman–Crippen MR) is 89.2 cm³/mol. The number of rotatable bonds is 5. The zero-order valence-corrected chi connectivity index (χ0v) is 12.3. The Bertz CT molecular complexity index is 773. The quantitative estimate of drug-likeness (QED) is 0.383. The number of aromatic nitrogens is 2. The van der Waals surface area contributed by atoms with E-state index in [1.54, 1.807) is 12.2 Å². The molecule has 0 amide bonds. The molecule has 2 aromatic rings. The predicted octanol–water partition coefficient (Wildman–Crippen LogP) is 1.70. The van der Waals surface area contributed by atoms with Crippen molar-refractivity contribution in [2.45, 2.75) is 6.23 Å². The van der Waals surface area contributed by atoms with E-state index in [0.29, 0.717) is 17.1 Å². The average molecular weight is 311 g/mol. The molecule has 0 saturated carbocycles. The number of para-hydroxylation sites is 2. The summed E-state index contributed by atoms with van der Waals surface area (Å²) >= 11 is 0. The number of fused-ring (bicyclic) bond motifs is 1. The number of imidazole rings is 1. The second kappa shape index (κ2) is 6.47. The molecule has 0 bridgehead atoms. The summed E-state index contributed by atoms with van der Waals surface area (Å²) in [5.74, 6) is 0.401. The number of hydrogen-bond acceptors (Lipinski definition) is 6. The molecule has 0 spiro atoms. The number of anilines is 1. The molecule has 2 heterocycles. The number of allylic oxidation sites excluding steroid dienone is 4. The Kier molecular flexibility index (Phi) is 4.22. The number of hydroxylamine groups is 1. The van der Waals surface area contributed by atoms with Crippen LogP contribution in [0.5, 0.6) is 0 Å². The third-order valence-corrected chi connectivity index (χ3v) is 3.32. The van der Waals surface area contributed by atoms with E-state index in [4.69, 9.17) is 0 Å². The lowest BCUT2D eigenvalue weighted by atomic mass is 10.3. The molecule has 23 heavy (non-hydrogen) atoms. The van der Waals surface area contributed by atoms with Crippen LogP contribution < -0.4 is 10.4 Å². The van der Waals surface area contributed by atoms with Crippen molar-refractivity contribution < 1.29 is 10.3 Å². The van der Waals surface area contributed by atoms with Gasteiger partial charge in [-0.05, 0) is 18.2 Å². The molecular formula is C16H17N5O2. The molecule has 4 N–H and O–H groups in total. The third-order valence-electron chi connectivity index (χ3n) is 3.32. The minimum absolute atomic E-state index is 0.146. The molecule has 3 rings (SSSR count). The molecule has 7 heteroatoms. The van der Waals surface area contributed by atoms with Crippen LogP contribution in [-0.2, 0) is 0 Å². The van der Waals surface area contributed by atoms with E-state index in [-0.39, 0.29) is 11.8 Å². The van der Waals surface area contributed by atoms with Gasteiger partial charge in [-0.1, -0.05) is 36.9 Å². The third kappa shape index (κ3) is 3.15. The molecule has 1 atom stereocenters. The molecule has 0 radical (unpaired) electrons. The molecule has 1 aromatic carbocycles. The van der Waals surface area contributed by atoms with Crippen LogP contribution >= 0.6 is 0 Å². The van der Waals surface area contributed by atoms with Crippen molar-refractivity contribution in [2.75, 3.05) is 11.6 Å². The van der Waals surface area contributed by atoms with Gasteiger partial charge in [0.2, 0.25) is 12.2 Å². The van der Waals surface area contributed by atoms with Crippen molar-refractivity contribution in [1.82, 2.24) is 15.3 Å². The maximum Gasteiger partial charge on any atom is 0.231 e. The minimum atomic E-state index is -1.34. The van der Waals surface area contributed by atoms with Gasteiger partial charge in [0.05, 0.1) is 17.6 Å². The summed E-state index contributed by atoms with van der Waals surface area (Å²) in [4.78, 5) is 11.3. The van der Waals surface area contributed by atoms with Gasteiger partial charge in [0.1, 0.15) is 0 Å². The van der Waals surface area contributed by atoms with E-state index >= 15 is 0 Å². The highest BCUT2D eigenvalue weighted by atomic mass is 16.5. The Morgan fingerprint density at radius 3 is 2.91 bits per heavy atom. The van der Waals surface area contributed by atoms with Gasteiger partial charge in [-0.3, -0.25) is 10.2 Å². The highest BCUT2D eigenvalue weighted by Crippen LogP contribution is 2.18. The van der Waals surface area contributed by atoms with Gasteiger partial charge in [0, 0.05) is 5.70 Å². The number of H-pyrrole nitrogens is 1. The van der Waals surface area contributed by atoms with Crippen molar-refractivity contribution in [3.63, 3.8) is 0 Å². The van der Waals surface area contributed by atoms with Gasteiger partial charge < -0.3 is 15.4 Å². The second-order valence-corrected chi connectivity index (χ2v) is 4.93. The summed E-state index contributed by atoms with van der Waals surface area (Å²) in [6.45, 7) is 3.99. The zero-order valence-electron chi connectivity index (χ0n) is 12.3. The second-order valence-electron chi connectivity index (χ2n) is 4.93. The van der Waals surface area contributed by atoms with E-state index in [0.717, 1.165) is 11.2 Å². The van der Waals surface area contributed by atoms with Crippen molar-refractivity contribution in [3.8, 4) is 0 Å². The van der Waals surface area contributed by atoms with Gasteiger partial charge in [-0.2, -0.15) is 5.06 Å². The Morgan fingerprint density at radius 2 is 2.13 bits per heavy atom. The Morgan fingerprint density at radius 1 is 1.30 bits per heavy atom. The van der Waals surface area contributed by atoms with Gasteiger partial charge >= 0.3 is 0 Å². The highest BCUT2D eigenvalue weighted by Gasteiger charge is 2.26. The fourth-order valence-electron chi connectivity index (χ4n) is 2.18. The monoisotopic (exact) mass is 311 g/mol. The first kappa shape index (κ1) is 15.0. The highest BCUT2D eigenvalue weighted by molar-refractivity contribution is 5.91. The number of nitrogens with zero attached hydrogens (tertiary/aromatic N) is 3. The molecule has 0 saturated heterocycles. The molecule has 7 nitrogen and oxygen atoms in total. The number of aliphatic imine (C=N–C) groups is 1. The smallest absolute Gasteiger partial charge is 0.231 e. The topological polar surface area (TPSA) is 96.8 Å². The average Bonchev–Trinajstić information content (AvgIpc) is 3.20.